The summed E-state index contributed by atoms with van der Waals surface area (Å²) in [5.41, 5.74) is 1.12. The van der Waals surface area contributed by atoms with E-state index in [1.807, 2.05) is 0 Å². The Morgan fingerprint density at radius 2 is 1.82 bits per heavy atom. The molecule has 0 fully saturated rings. The van der Waals surface area contributed by atoms with Crippen molar-refractivity contribution in [3.63, 3.8) is 0 Å². The number of hydrogen-bond donors (Lipinski definition) is 0. The van der Waals surface area contributed by atoms with Crippen LogP contribution in [0.15, 0.2) is 12.1 Å². The van der Waals surface area contributed by atoms with Crippen molar-refractivity contribution in [3.05, 3.63) is 33.4 Å². The van der Waals surface area contributed by atoms with Gasteiger partial charge in [-0.1, -0.05) is 31.9 Å². The molecule has 0 aliphatic carbocycles. The molecule has 0 atom stereocenters. The number of rotatable bonds is 4. The van der Waals surface area contributed by atoms with Gasteiger partial charge in [0.25, 0.3) is 5.69 Å². The highest BCUT2D eigenvalue weighted by atomic mass is 79.9. The topological polar surface area (TPSA) is 69.4 Å². The first-order chi connectivity index (χ1) is 7.99. The van der Waals surface area contributed by atoms with Gasteiger partial charge in [-0.25, -0.2) is 0 Å². The number of nitro groups is 1. The zero-order chi connectivity index (χ0) is 13.0. The molecule has 0 aromatic heterocycles. The summed E-state index contributed by atoms with van der Waals surface area (Å²) < 4.78 is 5.07. The Kier molecular flexibility index (Phi) is 5.07. The van der Waals surface area contributed by atoms with Crippen molar-refractivity contribution < 1.29 is 14.5 Å². The van der Waals surface area contributed by atoms with Gasteiger partial charge < -0.3 is 4.74 Å². The van der Waals surface area contributed by atoms with Gasteiger partial charge in [0.1, 0.15) is 5.75 Å². The van der Waals surface area contributed by atoms with Gasteiger partial charge in [0.05, 0.1) is 4.92 Å². The number of non-ortho nitro benzene ring substituents is 1. The Bertz CT molecular complexity index is 437. The Morgan fingerprint density at radius 1 is 1.35 bits per heavy atom. The van der Waals surface area contributed by atoms with Gasteiger partial charge in [0.15, 0.2) is 0 Å². The van der Waals surface area contributed by atoms with Crippen molar-refractivity contribution in [2.24, 2.45) is 0 Å². The first kappa shape index (κ1) is 14.1. The van der Waals surface area contributed by atoms with Gasteiger partial charge in [-0.2, -0.15) is 0 Å². The van der Waals surface area contributed by atoms with Crippen LogP contribution >= 0.6 is 31.9 Å². The van der Waals surface area contributed by atoms with Crippen molar-refractivity contribution in [1.29, 1.82) is 0 Å². The molecule has 0 bridgehead atoms. The molecule has 0 heterocycles. The fourth-order valence-electron chi connectivity index (χ4n) is 1.31. The molecule has 1 aromatic carbocycles. The van der Waals surface area contributed by atoms with Gasteiger partial charge >= 0.3 is 5.97 Å². The number of nitro benzene ring substituents is 1. The fraction of sp³-hybridized carbons (Fsp3) is 0.300. The third-order valence-corrected chi connectivity index (χ3v) is 3.18. The Labute approximate surface area is 115 Å². The summed E-state index contributed by atoms with van der Waals surface area (Å²) in [5, 5.41) is 11.5. The monoisotopic (exact) mass is 365 g/mol. The van der Waals surface area contributed by atoms with Gasteiger partial charge in [0, 0.05) is 40.8 Å². The van der Waals surface area contributed by atoms with Crippen LogP contribution in [0.5, 0.6) is 5.75 Å². The van der Waals surface area contributed by atoms with Crippen LogP contribution in [0.25, 0.3) is 0 Å². The average molecular weight is 367 g/mol. The molecular formula is C10H9Br2NO4. The van der Waals surface area contributed by atoms with E-state index in [-0.39, 0.29) is 5.69 Å². The van der Waals surface area contributed by atoms with Crippen molar-refractivity contribution in [1.82, 2.24) is 0 Å². The van der Waals surface area contributed by atoms with E-state index in [1.165, 1.54) is 19.1 Å². The normalized spacial score (nSPS) is 10.1. The van der Waals surface area contributed by atoms with Crippen LogP contribution in [0.1, 0.15) is 18.1 Å². The minimum atomic E-state index is -0.476. The second-order valence-electron chi connectivity index (χ2n) is 3.21. The molecule has 0 aliphatic rings. The minimum Gasteiger partial charge on any atom is -0.426 e. The van der Waals surface area contributed by atoms with Gasteiger partial charge in [-0.05, 0) is 0 Å². The van der Waals surface area contributed by atoms with E-state index in [0.29, 0.717) is 27.5 Å². The molecule has 0 unspecified atom stereocenters. The van der Waals surface area contributed by atoms with Crippen LogP contribution in [0.4, 0.5) is 5.69 Å². The summed E-state index contributed by atoms with van der Waals surface area (Å²) in [4.78, 5) is 21.2. The Balaban J connectivity index is 3.35. The van der Waals surface area contributed by atoms with Crippen molar-refractivity contribution in [2.45, 2.75) is 17.6 Å². The lowest BCUT2D eigenvalue weighted by molar-refractivity contribution is -0.385. The Hall–Kier alpha value is -0.950. The van der Waals surface area contributed by atoms with E-state index in [9.17, 15) is 14.9 Å². The third-order valence-electron chi connectivity index (χ3n) is 1.97. The summed E-state index contributed by atoms with van der Waals surface area (Å²) in [6.07, 6.45) is 0. The molecule has 0 spiro atoms. The maximum atomic E-state index is 11.0. The molecule has 0 radical (unpaired) electrons. The van der Waals surface area contributed by atoms with E-state index in [1.54, 1.807) is 0 Å². The van der Waals surface area contributed by atoms with E-state index >= 15 is 0 Å². The SMILES string of the molecule is CC(=O)Oc1c(CBr)cc([N+](=O)[O-])cc1CBr. The molecule has 1 rings (SSSR count). The highest BCUT2D eigenvalue weighted by molar-refractivity contribution is 9.08. The number of ether oxygens (including phenoxy) is 1. The van der Waals surface area contributed by atoms with Crippen molar-refractivity contribution >= 4 is 43.5 Å². The van der Waals surface area contributed by atoms with Gasteiger partial charge in [0.2, 0.25) is 0 Å². The van der Waals surface area contributed by atoms with Crippen LogP contribution in [0.3, 0.4) is 0 Å². The van der Waals surface area contributed by atoms with E-state index in [0.717, 1.165) is 0 Å². The second-order valence-corrected chi connectivity index (χ2v) is 4.33. The lowest BCUT2D eigenvalue weighted by Gasteiger charge is -2.11. The summed E-state index contributed by atoms with van der Waals surface area (Å²) in [6, 6.07) is 2.78. The van der Waals surface area contributed by atoms with Crippen LogP contribution in [0, 0.1) is 10.1 Å². The number of carbonyl (C=O) groups is 1. The van der Waals surface area contributed by atoms with Crippen LogP contribution in [0.2, 0.25) is 0 Å². The van der Waals surface area contributed by atoms with Crippen molar-refractivity contribution in [2.75, 3.05) is 0 Å². The molecular weight excluding hydrogens is 358 g/mol. The predicted octanol–water partition coefficient (Wildman–Crippen LogP) is 3.31. The molecule has 5 nitrogen and oxygen atoms in total. The number of carbonyl (C=O) groups excluding carboxylic acids is 1. The molecule has 7 heteroatoms. The number of nitrogens with zero attached hydrogens (tertiary/aromatic N) is 1. The lowest BCUT2D eigenvalue weighted by Crippen LogP contribution is -2.06. The summed E-state index contributed by atoms with van der Waals surface area (Å²) in [5.74, 6) is -0.0832. The van der Waals surface area contributed by atoms with Gasteiger partial charge in [-0.3, -0.25) is 14.9 Å². The van der Waals surface area contributed by atoms with Crippen molar-refractivity contribution in [3.8, 4) is 5.75 Å². The summed E-state index contributed by atoms with van der Waals surface area (Å²) in [7, 11) is 0. The molecule has 0 saturated carbocycles. The first-order valence-electron chi connectivity index (χ1n) is 4.60. The largest absolute Gasteiger partial charge is 0.426 e. The van der Waals surface area contributed by atoms with Crippen LogP contribution in [-0.4, -0.2) is 10.9 Å². The van der Waals surface area contributed by atoms with Gasteiger partial charge in [-0.15, -0.1) is 0 Å². The smallest absolute Gasteiger partial charge is 0.308 e. The molecule has 17 heavy (non-hydrogen) atoms. The molecule has 0 amide bonds. The number of benzene rings is 1. The fourth-order valence-corrected chi connectivity index (χ4v) is 2.15. The maximum Gasteiger partial charge on any atom is 0.308 e. The number of halogens is 2. The standard InChI is InChI=1S/C10H9Br2NO4/c1-6(14)17-10-7(4-11)2-9(13(15)16)3-8(10)5-12/h2-3H,4-5H2,1H3. The number of alkyl halides is 2. The Morgan fingerprint density at radius 3 is 2.12 bits per heavy atom. The molecule has 1 aromatic rings. The molecule has 0 aliphatic heterocycles. The van der Waals surface area contributed by atoms with E-state index in [2.05, 4.69) is 31.9 Å². The highest BCUT2D eigenvalue weighted by Crippen LogP contribution is 2.32. The summed E-state index contributed by atoms with van der Waals surface area (Å²) in [6.45, 7) is 1.29. The minimum absolute atomic E-state index is 0.0233. The number of hydrogen-bond acceptors (Lipinski definition) is 4. The first-order valence-corrected chi connectivity index (χ1v) is 6.84. The molecule has 0 N–H and O–H groups in total. The quantitative estimate of drug-likeness (QED) is 0.269. The molecule has 0 saturated heterocycles. The second kappa shape index (κ2) is 6.11. The van der Waals surface area contributed by atoms with E-state index < -0.39 is 10.9 Å². The number of esters is 1. The zero-order valence-electron chi connectivity index (χ0n) is 8.91. The van der Waals surface area contributed by atoms with Crippen LogP contribution < -0.4 is 4.74 Å². The third kappa shape index (κ3) is 3.50. The van der Waals surface area contributed by atoms with Crippen LogP contribution in [-0.2, 0) is 15.5 Å². The van der Waals surface area contributed by atoms with E-state index in [4.69, 9.17) is 4.74 Å². The zero-order valence-corrected chi connectivity index (χ0v) is 12.1. The summed E-state index contributed by atoms with van der Waals surface area (Å²) >= 11 is 6.43. The maximum absolute atomic E-state index is 11.0. The average Bonchev–Trinajstić information content (AvgIpc) is 2.28. The highest BCUT2D eigenvalue weighted by Gasteiger charge is 2.17. The predicted molar refractivity (Wildman–Crippen MR) is 69.7 cm³/mol. The lowest BCUT2D eigenvalue weighted by atomic mass is 10.1. The molecule has 92 valence electrons.